The molecular weight excluding hydrogens is 350 g/mol. The molecule has 0 aliphatic carbocycles. The van der Waals surface area contributed by atoms with Gasteiger partial charge >= 0.3 is 0 Å². The Morgan fingerprint density at radius 2 is 1.89 bits per heavy atom. The first kappa shape index (κ1) is 18.4. The molecule has 1 heterocycles. The van der Waals surface area contributed by atoms with Gasteiger partial charge in [0.05, 0.1) is 31.4 Å². The Bertz CT molecular complexity index is 910. The van der Waals surface area contributed by atoms with Gasteiger partial charge in [-0.25, -0.2) is 5.01 Å². The van der Waals surface area contributed by atoms with Crippen molar-refractivity contribution in [1.29, 1.82) is 0 Å². The first-order valence-corrected chi connectivity index (χ1v) is 8.35. The monoisotopic (exact) mass is 369 g/mol. The Labute approximate surface area is 156 Å². The Morgan fingerprint density at radius 1 is 1.11 bits per heavy atom. The number of nitro groups is 1. The largest absolute Gasteiger partial charge is 0.493 e. The summed E-state index contributed by atoms with van der Waals surface area (Å²) in [5, 5.41) is 16.8. The van der Waals surface area contributed by atoms with E-state index in [1.165, 1.54) is 17.1 Å². The van der Waals surface area contributed by atoms with Crippen LogP contribution < -0.4 is 9.47 Å². The summed E-state index contributed by atoms with van der Waals surface area (Å²) in [6.45, 7) is 0.178. The van der Waals surface area contributed by atoms with Crippen LogP contribution in [0, 0.1) is 10.1 Å². The van der Waals surface area contributed by atoms with Gasteiger partial charge in [0.2, 0.25) is 5.91 Å². The molecule has 0 atom stereocenters. The van der Waals surface area contributed by atoms with Gasteiger partial charge in [-0.1, -0.05) is 12.1 Å². The summed E-state index contributed by atoms with van der Waals surface area (Å²) in [6.07, 6.45) is 0.835. The molecule has 0 bridgehead atoms. The smallest absolute Gasteiger partial charge is 0.269 e. The third kappa shape index (κ3) is 4.05. The maximum atomic E-state index is 12.3. The summed E-state index contributed by atoms with van der Waals surface area (Å²) in [6, 6.07) is 11.7. The summed E-state index contributed by atoms with van der Waals surface area (Å²) in [4.78, 5) is 22.7. The van der Waals surface area contributed by atoms with Gasteiger partial charge in [-0.3, -0.25) is 14.9 Å². The van der Waals surface area contributed by atoms with Crippen LogP contribution in [0.4, 0.5) is 5.69 Å². The molecule has 1 aliphatic heterocycles. The molecule has 8 heteroatoms. The highest BCUT2D eigenvalue weighted by atomic mass is 16.6. The van der Waals surface area contributed by atoms with E-state index in [2.05, 4.69) is 5.10 Å². The van der Waals surface area contributed by atoms with Crippen molar-refractivity contribution in [2.75, 3.05) is 14.2 Å². The van der Waals surface area contributed by atoms with E-state index in [0.717, 1.165) is 11.3 Å². The van der Waals surface area contributed by atoms with E-state index in [0.29, 0.717) is 29.9 Å². The minimum Gasteiger partial charge on any atom is -0.493 e. The zero-order valence-electron chi connectivity index (χ0n) is 15.0. The first-order chi connectivity index (χ1) is 13.0. The van der Waals surface area contributed by atoms with Crippen LogP contribution in [-0.4, -0.2) is 35.8 Å². The van der Waals surface area contributed by atoms with Gasteiger partial charge in [-0.05, 0) is 23.8 Å². The molecule has 27 heavy (non-hydrogen) atoms. The number of hydrogen-bond donors (Lipinski definition) is 0. The average Bonchev–Trinajstić information content (AvgIpc) is 2.69. The van der Waals surface area contributed by atoms with Crippen LogP contribution in [0.15, 0.2) is 47.6 Å². The minimum atomic E-state index is -0.458. The molecule has 2 aromatic rings. The Kier molecular flexibility index (Phi) is 5.35. The van der Waals surface area contributed by atoms with Gasteiger partial charge in [-0.15, -0.1) is 0 Å². The number of methoxy groups -OCH3 is 2. The van der Waals surface area contributed by atoms with Gasteiger partial charge < -0.3 is 9.47 Å². The van der Waals surface area contributed by atoms with Gasteiger partial charge in [0.1, 0.15) is 0 Å². The number of rotatable bonds is 6. The Morgan fingerprint density at radius 3 is 2.59 bits per heavy atom. The molecule has 0 spiro atoms. The van der Waals surface area contributed by atoms with E-state index >= 15 is 0 Å². The average molecular weight is 369 g/mol. The van der Waals surface area contributed by atoms with Crippen molar-refractivity contribution in [3.05, 3.63) is 63.7 Å². The second-order valence-electron chi connectivity index (χ2n) is 5.99. The molecule has 1 amide bonds. The molecule has 0 fully saturated rings. The maximum absolute atomic E-state index is 12.3. The molecule has 0 unspecified atom stereocenters. The van der Waals surface area contributed by atoms with Crippen molar-refractivity contribution < 1.29 is 19.2 Å². The highest BCUT2D eigenvalue weighted by molar-refractivity contribution is 6.04. The minimum absolute atomic E-state index is 0.0129. The Hall–Kier alpha value is -3.42. The summed E-state index contributed by atoms with van der Waals surface area (Å²) in [5.74, 6) is 1.08. The second-order valence-corrected chi connectivity index (χ2v) is 5.99. The third-order valence-electron chi connectivity index (χ3n) is 4.28. The van der Waals surface area contributed by atoms with Crippen molar-refractivity contribution in [3.63, 3.8) is 0 Å². The lowest BCUT2D eigenvalue weighted by Gasteiger charge is -2.24. The number of benzene rings is 2. The zero-order chi connectivity index (χ0) is 19.4. The van der Waals surface area contributed by atoms with Gasteiger partial charge in [0, 0.05) is 30.5 Å². The fraction of sp³-hybridized carbons (Fsp3) is 0.263. The third-order valence-corrected chi connectivity index (χ3v) is 4.28. The van der Waals surface area contributed by atoms with Gasteiger partial charge in [0.25, 0.3) is 5.69 Å². The SMILES string of the molecule is COc1ccc(C2=NN(Cc3cccc([N+](=O)[O-])c3)C(=O)CC2)cc1OC. The van der Waals surface area contributed by atoms with Crippen molar-refractivity contribution in [2.45, 2.75) is 19.4 Å². The number of carbonyl (C=O) groups is 1. The Balaban J connectivity index is 1.87. The molecular formula is C19H19N3O5. The molecule has 2 aromatic carbocycles. The molecule has 0 aromatic heterocycles. The van der Waals surface area contributed by atoms with Crippen LogP contribution in [0.25, 0.3) is 0 Å². The van der Waals surface area contributed by atoms with Gasteiger partial charge in [0.15, 0.2) is 11.5 Å². The van der Waals surface area contributed by atoms with Crippen molar-refractivity contribution >= 4 is 17.3 Å². The van der Waals surface area contributed by atoms with E-state index in [1.54, 1.807) is 32.4 Å². The summed E-state index contributed by atoms with van der Waals surface area (Å²) < 4.78 is 10.6. The van der Waals surface area contributed by atoms with Crippen LogP contribution in [0.2, 0.25) is 0 Å². The summed E-state index contributed by atoms with van der Waals surface area (Å²) >= 11 is 0. The maximum Gasteiger partial charge on any atom is 0.269 e. The number of nitro benzene ring substituents is 1. The van der Waals surface area contributed by atoms with E-state index in [4.69, 9.17) is 9.47 Å². The van der Waals surface area contributed by atoms with E-state index < -0.39 is 4.92 Å². The summed E-state index contributed by atoms with van der Waals surface area (Å²) in [7, 11) is 3.12. The lowest BCUT2D eigenvalue weighted by Crippen LogP contribution is -2.31. The van der Waals surface area contributed by atoms with Crippen LogP contribution in [0.3, 0.4) is 0 Å². The number of carbonyl (C=O) groups excluding carboxylic acids is 1. The van der Waals surface area contributed by atoms with Gasteiger partial charge in [-0.2, -0.15) is 5.10 Å². The molecule has 3 rings (SSSR count). The highest BCUT2D eigenvalue weighted by Crippen LogP contribution is 2.29. The van der Waals surface area contributed by atoms with E-state index in [9.17, 15) is 14.9 Å². The molecule has 140 valence electrons. The number of amides is 1. The molecule has 0 saturated carbocycles. The van der Waals surface area contributed by atoms with Crippen LogP contribution >= 0.6 is 0 Å². The van der Waals surface area contributed by atoms with Crippen LogP contribution in [0.5, 0.6) is 11.5 Å². The molecule has 8 nitrogen and oxygen atoms in total. The fourth-order valence-corrected chi connectivity index (χ4v) is 2.89. The molecule has 0 saturated heterocycles. The predicted octanol–water partition coefficient (Wildman–Crippen LogP) is 3.14. The molecule has 0 N–H and O–H groups in total. The number of hydrogen-bond acceptors (Lipinski definition) is 6. The number of hydrazone groups is 1. The predicted molar refractivity (Wildman–Crippen MR) is 99.0 cm³/mol. The van der Waals surface area contributed by atoms with E-state index in [-0.39, 0.29) is 18.1 Å². The fourth-order valence-electron chi connectivity index (χ4n) is 2.89. The normalized spacial score (nSPS) is 13.9. The van der Waals surface area contributed by atoms with Crippen LogP contribution in [-0.2, 0) is 11.3 Å². The lowest BCUT2D eigenvalue weighted by atomic mass is 10.0. The van der Waals surface area contributed by atoms with Crippen molar-refractivity contribution in [1.82, 2.24) is 5.01 Å². The quantitative estimate of drug-likeness (QED) is 0.576. The van der Waals surface area contributed by atoms with E-state index in [1.807, 2.05) is 12.1 Å². The molecule has 0 radical (unpaired) electrons. The second kappa shape index (κ2) is 7.86. The number of nitrogens with zero attached hydrogens (tertiary/aromatic N) is 3. The van der Waals surface area contributed by atoms with Crippen molar-refractivity contribution in [3.8, 4) is 11.5 Å². The highest BCUT2D eigenvalue weighted by Gasteiger charge is 2.22. The standard InChI is InChI=1S/C19H19N3O5/c1-26-17-8-6-14(11-18(17)27-2)16-7-9-19(23)21(20-16)12-13-4-3-5-15(10-13)22(24)25/h3-6,8,10-11H,7,9,12H2,1-2H3. The topological polar surface area (TPSA) is 94.3 Å². The lowest BCUT2D eigenvalue weighted by molar-refractivity contribution is -0.384. The van der Waals surface area contributed by atoms with Crippen molar-refractivity contribution in [2.24, 2.45) is 5.10 Å². The number of non-ortho nitro benzene ring substituents is 1. The molecule has 1 aliphatic rings. The summed E-state index contributed by atoms with van der Waals surface area (Å²) in [5.41, 5.74) is 2.22. The van der Waals surface area contributed by atoms with Crippen LogP contribution in [0.1, 0.15) is 24.0 Å². The zero-order valence-corrected chi connectivity index (χ0v) is 15.0. The number of ether oxygens (including phenoxy) is 2. The first-order valence-electron chi connectivity index (χ1n) is 8.35.